The lowest BCUT2D eigenvalue weighted by Gasteiger charge is -2.23. The summed E-state index contributed by atoms with van der Waals surface area (Å²) in [5.74, 6) is -0.144. The highest BCUT2D eigenvalue weighted by molar-refractivity contribution is 9.10. The maximum atomic E-state index is 12.5. The number of nitrogens with one attached hydrogen (secondary N) is 1. The number of pyridine rings is 1. The predicted molar refractivity (Wildman–Crippen MR) is 116 cm³/mol. The van der Waals surface area contributed by atoms with Gasteiger partial charge in [0.05, 0.1) is 17.4 Å². The second-order valence-electron chi connectivity index (χ2n) is 6.94. The van der Waals surface area contributed by atoms with Crippen molar-refractivity contribution in [3.8, 4) is 0 Å². The highest BCUT2D eigenvalue weighted by Crippen LogP contribution is 2.34. The van der Waals surface area contributed by atoms with E-state index in [4.69, 9.17) is 4.98 Å². The molecule has 144 valence electrons. The number of anilines is 1. The molecule has 3 aromatic rings. The fourth-order valence-corrected chi connectivity index (χ4v) is 4.67. The zero-order valence-corrected chi connectivity index (χ0v) is 18.0. The Morgan fingerprint density at radius 2 is 2.25 bits per heavy atom. The number of hydrogen-bond acceptors (Lipinski definition) is 5. The van der Waals surface area contributed by atoms with Gasteiger partial charge in [0.15, 0.2) is 5.13 Å². The third-order valence-corrected chi connectivity index (χ3v) is 6.27. The van der Waals surface area contributed by atoms with E-state index in [0.717, 1.165) is 41.8 Å². The third kappa shape index (κ3) is 4.32. The molecule has 1 amide bonds. The van der Waals surface area contributed by atoms with Crippen LogP contribution in [0, 0.1) is 6.92 Å². The number of carbonyl (C=O) groups excluding carboxylic acids is 1. The van der Waals surface area contributed by atoms with Crippen LogP contribution in [-0.4, -0.2) is 27.3 Å². The van der Waals surface area contributed by atoms with Crippen LogP contribution in [0.4, 0.5) is 5.13 Å². The largest absolute Gasteiger partial charge is 0.298 e. The van der Waals surface area contributed by atoms with Gasteiger partial charge in [0.25, 0.3) is 5.91 Å². The lowest BCUT2D eigenvalue weighted by atomic mass is 10.1. The van der Waals surface area contributed by atoms with Crippen LogP contribution < -0.4 is 5.32 Å². The molecular weight excluding hydrogens is 436 g/mol. The van der Waals surface area contributed by atoms with Gasteiger partial charge in [-0.3, -0.25) is 20.0 Å². The Hall–Kier alpha value is -2.09. The van der Waals surface area contributed by atoms with Crippen LogP contribution in [0.2, 0.25) is 0 Å². The number of rotatable bonds is 5. The molecule has 28 heavy (non-hydrogen) atoms. The molecule has 1 aromatic carbocycles. The fourth-order valence-electron chi connectivity index (χ4n) is 3.52. The minimum Gasteiger partial charge on any atom is -0.298 e. The smallest absolute Gasteiger partial charge is 0.257 e. The number of amides is 1. The van der Waals surface area contributed by atoms with E-state index in [0.29, 0.717) is 10.7 Å². The molecule has 0 saturated carbocycles. The van der Waals surface area contributed by atoms with Crippen molar-refractivity contribution >= 4 is 38.3 Å². The Kier molecular flexibility index (Phi) is 5.85. The van der Waals surface area contributed by atoms with Crippen molar-refractivity contribution in [2.75, 3.05) is 11.9 Å². The van der Waals surface area contributed by atoms with Crippen LogP contribution in [0.25, 0.3) is 0 Å². The van der Waals surface area contributed by atoms with Gasteiger partial charge in [-0.05, 0) is 56.1 Å². The van der Waals surface area contributed by atoms with E-state index in [-0.39, 0.29) is 11.9 Å². The topological polar surface area (TPSA) is 58.1 Å². The summed E-state index contributed by atoms with van der Waals surface area (Å²) in [5.41, 5.74) is 3.97. The Labute approximate surface area is 177 Å². The van der Waals surface area contributed by atoms with Crippen LogP contribution >= 0.6 is 27.3 Å². The van der Waals surface area contributed by atoms with Gasteiger partial charge in [-0.25, -0.2) is 4.98 Å². The minimum atomic E-state index is -0.144. The van der Waals surface area contributed by atoms with Crippen molar-refractivity contribution in [1.29, 1.82) is 0 Å². The van der Waals surface area contributed by atoms with Gasteiger partial charge < -0.3 is 0 Å². The van der Waals surface area contributed by atoms with E-state index in [1.165, 1.54) is 16.9 Å². The first kappa shape index (κ1) is 19.2. The Bertz CT molecular complexity index is 990. The molecule has 1 aliphatic rings. The van der Waals surface area contributed by atoms with Crippen molar-refractivity contribution in [3.63, 3.8) is 0 Å². The second kappa shape index (κ2) is 8.51. The normalized spacial score (nSPS) is 17.0. The van der Waals surface area contributed by atoms with E-state index >= 15 is 0 Å². The first-order valence-electron chi connectivity index (χ1n) is 9.27. The van der Waals surface area contributed by atoms with Crippen molar-refractivity contribution in [3.05, 3.63) is 75.0 Å². The highest BCUT2D eigenvalue weighted by Gasteiger charge is 2.28. The summed E-state index contributed by atoms with van der Waals surface area (Å²) < 4.78 is 0.881. The number of thiazole rings is 1. The molecule has 0 radical (unpaired) electrons. The number of hydrogen-bond donors (Lipinski definition) is 1. The molecule has 1 saturated heterocycles. The number of aryl methyl sites for hydroxylation is 1. The van der Waals surface area contributed by atoms with Crippen molar-refractivity contribution in [2.24, 2.45) is 0 Å². The van der Waals surface area contributed by atoms with Gasteiger partial charge in [0.2, 0.25) is 0 Å². The summed E-state index contributed by atoms with van der Waals surface area (Å²) in [5, 5.41) is 5.62. The van der Waals surface area contributed by atoms with Crippen molar-refractivity contribution in [1.82, 2.24) is 14.9 Å². The van der Waals surface area contributed by atoms with Gasteiger partial charge in [-0.15, -0.1) is 11.3 Å². The molecule has 0 unspecified atom stereocenters. The summed E-state index contributed by atoms with van der Waals surface area (Å²) in [4.78, 5) is 24.1. The van der Waals surface area contributed by atoms with Crippen LogP contribution in [0.1, 0.15) is 46.2 Å². The van der Waals surface area contributed by atoms with Gasteiger partial charge in [0, 0.05) is 28.2 Å². The number of benzene rings is 1. The lowest BCUT2D eigenvalue weighted by Crippen LogP contribution is -2.24. The second-order valence-corrected chi connectivity index (χ2v) is 8.71. The number of halogens is 1. The number of aromatic nitrogens is 2. The number of likely N-dealkylation sites (tertiary alicyclic amines) is 1. The summed E-state index contributed by atoms with van der Waals surface area (Å²) in [6.07, 6.45) is 4.08. The molecule has 0 bridgehead atoms. The zero-order valence-electron chi connectivity index (χ0n) is 15.6. The highest BCUT2D eigenvalue weighted by atomic mass is 79.9. The predicted octanol–water partition coefficient (Wildman–Crippen LogP) is 5.20. The standard InChI is InChI=1S/C21H21BrN4OS/c1-14-5-3-9-23-17(14)12-26-10-4-8-19(26)18-13-28-21(24-18)25-20(27)15-6-2-7-16(22)11-15/h2-3,5-7,9,11,13,19H,4,8,10,12H2,1H3,(H,24,25,27)/t19-/m1/s1. The molecule has 2 aromatic heterocycles. The molecule has 1 N–H and O–H groups in total. The average molecular weight is 457 g/mol. The van der Waals surface area contributed by atoms with Crippen LogP contribution in [0.3, 0.4) is 0 Å². The molecule has 4 rings (SSSR count). The van der Waals surface area contributed by atoms with E-state index in [1.54, 1.807) is 12.1 Å². The van der Waals surface area contributed by atoms with Gasteiger partial charge >= 0.3 is 0 Å². The number of nitrogens with zero attached hydrogens (tertiary/aromatic N) is 3. The molecule has 0 aliphatic carbocycles. The molecule has 1 atom stereocenters. The maximum Gasteiger partial charge on any atom is 0.257 e. The minimum absolute atomic E-state index is 0.144. The van der Waals surface area contributed by atoms with Crippen molar-refractivity contribution in [2.45, 2.75) is 32.4 Å². The van der Waals surface area contributed by atoms with Crippen LogP contribution in [0.15, 0.2) is 52.4 Å². The van der Waals surface area contributed by atoms with E-state index in [1.807, 2.05) is 24.4 Å². The van der Waals surface area contributed by atoms with Gasteiger partial charge in [0.1, 0.15) is 0 Å². The third-order valence-electron chi connectivity index (χ3n) is 5.01. The lowest BCUT2D eigenvalue weighted by molar-refractivity contribution is 0.102. The Morgan fingerprint density at radius 1 is 1.36 bits per heavy atom. The monoisotopic (exact) mass is 456 g/mol. The van der Waals surface area contributed by atoms with Gasteiger partial charge in [-0.2, -0.15) is 0 Å². The van der Waals surface area contributed by atoms with E-state index in [2.05, 4.69) is 49.5 Å². The van der Waals surface area contributed by atoms with Gasteiger partial charge in [-0.1, -0.05) is 28.1 Å². The van der Waals surface area contributed by atoms with E-state index in [9.17, 15) is 4.79 Å². The molecular formula is C21H21BrN4OS. The molecule has 0 spiro atoms. The Morgan fingerprint density at radius 3 is 3.07 bits per heavy atom. The Balaban J connectivity index is 1.46. The quantitative estimate of drug-likeness (QED) is 0.573. The summed E-state index contributed by atoms with van der Waals surface area (Å²) in [7, 11) is 0. The summed E-state index contributed by atoms with van der Waals surface area (Å²) in [6.45, 7) is 3.97. The first-order chi connectivity index (χ1) is 13.6. The molecule has 7 heteroatoms. The summed E-state index contributed by atoms with van der Waals surface area (Å²) in [6, 6.07) is 11.7. The van der Waals surface area contributed by atoms with Crippen molar-refractivity contribution < 1.29 is 4.79 Å². The SMILES string of the molecule is Cc1cccnc1CN1CCC[C@@H]1c1csc(NC(=O)c2cccc(Br)c2)n1. The van der Waals surface area contributed by atoms with Crippen LogP contribution in [-0.2, 0) is 6.54 Å². The molecule has 3 heterocycles. The fraction of sp³-hybridized carbons (Fsp3) is 0.286. The number of carbonyl (C=O) groups is 1. The zero-order chi connectivity index (χ0) is 19.5. The average Bonchev–Trinajstić information content (AvgIpc) is 3.33. The molecule has 1 aliphatic heterocycles. The summed E-state index contributed by atoms with van der Waals surface area (Å²) >= 11 is 4.88. The molecule has 5 nitrogen and oxygen atoms in total. The first-order valence-corrected chi connectivity index (χ1v) is 10.9. The molecule has 1 fully saturated rings. The maximum absolute atomic E-state index is 12.5. The van der Waals surface area contributed by atoms with Crippen LogP contribution in [0.5, 0.6) is 0 Å². The van der Waals surface area contributed by atoms with E-state index < -0.39 is 0 Å².